The van der Waals surface area contributed by atoms with Gasteiger partial charge in [-0.3, -0.25) is 4.90 Å². The molecule has 0 aromatic heterocycles. The van der Waals surface area contributed by atoms with Gasteiger partial charge >= 0.3 is 0 Å². The summed E-state index contributed by atoms with van der Waals surface area (Å²) in [5.41, 5.74) is 0.925. The van der Waals surface area contributed by atoms with Gasteiger partial charge in [0.2, 0.25) is 0 Å². The largest absolute Gasteiger partial charge is 0.507 e. The highest BCUT2D eigenvalue weighted by atomic mass is 79.9. The van der Waals surface area contributed by atoms with E-state index in [1.165, 1.54) is 0 Å². The summed E-state index contributed by atoms with van der Waals surface area (Å²) >= 11 is 3.32. The number of nitriles is 1. The quantitative estimate of drug-likeness (QED) is 0.921. The lowest BCUT2D eigenvalue weighted by molar-refractivity contribution is 0.0683. The number of rotatable bonds is 3. The van der Waals surface area contributed by atoms with Gasteiger partial charge in [0.05, 0.1) is 10.5 Å². The summed E-state index contributed by atoms with van der Waals surface area (Å²) in [6, 6.07) is 7.79. The molecule has 108 valence electrons. The second kappa shape index (κ2) is 6.57. The fraction of sp³-hybridized carbons (Fsp3) is 0.533. The fourth-order valence-electron chi connectivity index (χ4n) is 2.75. The second-order valence-corrected chi connectivity index (χ2v) is 6.08. The highest BCUT2D eigenvalue weighted by Crippen LogP contribution is 2.31. The van der Waals surface area contributed by atoms with Gasteiger partial charge in [0, 0.05) is 25.7 Å². The molecular weight excluding hydrogens is 318 g/mol. The molecule has 1 fully saturated rings. The number of likely N-dealkylation sites (N-methyl/N-ethyl adjacent to an activating group) is 1. The number of phenolic OH excluding ortho intramolecular Hbond substituents is 1. The van der Waals surface area contributed by atoms with Crippen LogP contribution in [0.3, 0.4) is 0 Å². The highest BCUT2D eigenvalue weighted by molar-refractivity contribution is 9.10. The standard InChI is InChI=1S/C15H20BrN3O/c1-3-18-6-7-19(11(2)10-18)14(9-17)12-4-5-15(20)13(16)8-12/h4-5,8,11,14,20H,3,6-7,10H2,1-2H3. The van der Waals surface area contributed by atoms with E-state index in [0.29, 0.717) is 10.5 Å². The van der Waals surface area contributed by atoms with Crippen LogP contribution in [0, 0.1) is 11.3 Å². The number of benzene rings is 1. The van der Waals surface area contributed by atoms with Gasteiger partial charge in [-0.15, -0.1) is 0 Å². The Bertz CT molecular complexity index is 514. The van der Waals surface area contributed by atoms with E-state index in [1.54, 1.807) is 6.07 Å². The Labute approximate surface area is 128 Å². The molecule has 0 amide bonds. The van der Waals surface area contributed by atoms with Gasteiger partial charge in [0.25, 0.3) is 0 Å². The lowest BCUT2D eigenvalue weighted by atomic mass is 10.0. The zero-order chi connectivity index (χ0) is 14.7. The number of phenols is 1. The zero-order valence-corrected chi connectivity index (χ0v) is 13.5. The van der Waals surface area contributed by atoms with Crippen LogP contribution in [-0.2, 0) is 0 Å². The van der Waals surface area contributed by atoms with Crippen molar-refractivity contribution < 1.29 is 5.11 Å². The minimum absolute atomic E-state index is 0.203. The van der Waals surface area contributed by atoms with Gasteiger partial charge < -0.3 is 10.0 Å². The Morgan fingerprint density at radius 1 is 1.50 bits per heavy atom. The molecule has 2 unspecified atom stereocenters. The summed E-state index contributed by atoms with van der Waals surface area (Å²) in [7, 11) is 0. The summed E-state index contributed by atoms with van der Waals surface area (Å²) in [6.07, 6.45) is 0. The number of hydrogen-bond acceptors (Lipinski definition) is 4. The highest BCUT2D eigenvalue weighted by Gasteiger charge is 2.29. The van der Waals surface area contributed by atoms with E-state index in [0.717, 1.165) is 31.7 Å². The molecule has 1 aliphatic heterocycles. The van der Waals surface area contributed by atoms with Gasteiger partial charge in [0.1, 0.15) is 11.8 Å². The molecular formula is C15H20BrN3O. The number of hydrogen-bond donors (Lipinski definition) is 1. The Hall–Kier alpha value is -1.09. The monoisotopic (exact) mass is 337 g/mol. The molecule has 1 saturated heterocycles. The molecule has 5 heteroatoms. The van der Waals surface area contributed by atoms with Crippen molar-refractivity contribution in [3.63, 3.8) is 0 Å². The first-order valence-corrected chi connectivity index (χ1v) is 7.72. The van der Waals surface area contributed by atoms with Crippen LogP contribution in [0.5, 0.6) is 5.75 Å². The smallest absolute Gasteiger partial charge is 0.129 e. The maximum absolute atomic E-state index is 9.58. The summed E-state index contributed by atoms with van der Waals surface area (Å²) in [6.45, 7) is 8.28. The summed E-state index contributed by atoms with van der Waals surface area (Å²) in [4.78, 5) is 4.65. The van der Waals surface area contributed by atoms with Crippen molar-refractivity contribution in [3.8, 4) is 11.8 Å². The maximum atomic E-state index is 9.58. The van der Waals surface area contributed by atoms with Crippen molar-refractivity contribution in [1.29, 1.82) is 5.26 Å². The predicted molar refractivity (Wildman–Crippen MR) is 82.4 cm³/mol. The molecule has 1 aromatic rings. The van der Waals surface area contributed by atoms with Crippen LogP contribution in [0.15, 0.2) is 22.7 Å². The molecule has 1 heterocycles. The van der Waals surface area contributed by atoms with Gasteiger partial charge in [-0.25, -0.2) is 0 Å². The van der Waals surface area contributed by atoms with E-state index in [9.17, 15) is 10.4 Å². The molecule has 2 atom stereocenters. The molecule has 4 nitrogen and oxygen atoms in total. The van der Waals surface area contributed by atoms with Crippen LogP contribution < -0.4 is 0 Å². The third kappa shape index (κ3) is 3.14. The first-order chi connectivity index (χ1) is 9.56. The Morgan fingerprint density at radius 2 is 2.25 bits per heavy atom. The minimum atomic E-state index is -0.263. The second-order valence-electron chi connectivity index (χ2n) is 5.22. The average molecular weight is 338 g/mol. The van der Waals surface area contributed by atoms with Crippen molar-refractivity contribution in [2.24, 2.45) is 0 Å². The molecule has 1 aromatic carbocycles. The average Bonchev–Trinajstić information content (AvgIpc) is 2.45. The molecule has 0 radical (unpaired) electrons. The fourth-order valence-corrected chi connectivity index (χ4v) is 3.15. The molecule has 2 rings (SSSR count). The molecule has 0 saturated carbocycles. The molecule has 0 spiro atoms. The lowest BCUT2D eigenvalue weighted by Crippen LogP contribution is -2.52. The minimum Gasteiger partial charge on any atom is -0.507 e. The predicted octanol–water partition coefficient (Wildman–Crippen LogP) is 2.75. The summed E-state index contributed by atoms with van der Waals surface area (Å²) < 4.78 is 0.634. The molecule has 0 aliphatic carbocycles. The van der Waals surface area contributed by atoms with E-state index in [-0.39, 0.29) is 11.8 Å². The number of halogens is 1. The van der Waals surface area contributed by atoms with Crippen molar-refractivity contribution in [3.05, 3.63) is 28.2 Å². The summed E-state index contributed by atoms with van der Waals surface area (Å²) in [5, 5.41) is 19.1. The molecule has 1 aliphatic rings. The topological polar surface area (TPSA) is 50.5 Å². The van der Waals surface area contributed by atoms with Crippen molar-refractivity contribution >= 4 is 15.9 Å². The van der Waals surface area contributed by atoms with E-state index in [1.807, 2.05) is 12.1 Å². The van der Waals surface area contributed by atoms with Crippen LogP contribution in [-0.4, -0.2) is 47.1 Å². The molecule has 20 heavy (non-hydrogen) atoms. The lowest BCUT2D eigenvalue weighted by Gasteiger charge is -2.41. The van der Waals surface area contributed by atoms with Crippen LogP contribution >= 0.6 is 15.9 Å². The van der Waals surface area contributed by atoms with E-state index < -0.39 is 0 Å². The first-order valence-electron chi connectivity index (χ1n) is 6.93. The van der Waals surface area contributed by atoms with Crippen LogP contribution in [0.4, 0.5) is 0 Å². The van der Waals surface area contributed by atoms with Crippen LogP contribution in [0.25, 0.3) is 0 Å². The Kier molecular flexibility index (Phi) is 5.03. The van der Waals surface area contributed by atoms with E-state index in [4.69, 9.17) is 0 Å². The van der Waals surface area contributed by atoms with Gasteiger partial charge in [-0.2, -0.15) is 5.26 Å². The number of nitrogens with zero attached hydrogens (tertiary/aromatic N) is 3. The molecule has 0 bridgehead atoms. The normalized spacial score (nSPS) is 22.4. The third-order valence-corrected chi connectivity index (χ3v) is 4.59. The van der Waals surface area contributed by atoms with E-state index in [2.05, 4.69) is 45.6 Å². The van der Waals surface area contributed by atoms with Crippen molar-refractivity contribution in [2.75, 3.05) is 26.2 Å². The van der Waals surface area contributed by atoms with Crippen LogP contribution in [0.1, 0.15) is 25.5 Å². The Balaban J connectivity index is 2.20. The van der Waals surface area contributed by atoms with Crippen molar-refractivity contribution in [1.82, 2.24) is 9.80 Å². The van der Waals surface area contributed by atoms with E-state index >= 15 is 0 Å². The molecule has 1 N–H and O–H groups in total. The summed E-state index contributed by atoms with van der Waals surface area (Å²) in [5.74, 6) is 0.203. The third-order valence-electron chi connectivity index (χ3n) is 3.95. The van der Waals surface area contributed by atoms with Gasteiger partial charge in [-0.05, 0) is 47.1 Å². The van der Waals surface area contributed by atoms with Gasteiger partial charge in [0.15, 0.2) is 0 Å². The number of piperazine rings is 1. The Morgan fingerprint density at radius 3 is 2.80 bits per heavy atom. The number of aromatic hydroxyl groups is 1. The maximum Gasteiger partial charge on any atom is 0.129 e. The first kappa shape index (κ1) is 15.3. The SMILES string of the molecule is CCN1CCN(C(C#N)c2ccc(O)c(Br)c2)C(C)C1. The van der Waals surface area contributed by atoms with Gasteiger partial charge in [-0.1, -0.05) is 13.0 Å². The van der Waals surface area contributed by atoms with Crippen molar-refractivity contribution in [2.45, 2.75) is 25.9 Å². The van der Waals surface area contributed by atoms with Crippen LogP contribution in [0.2, 0.25) is 0 Å². The zero-order valence-electron chi connectivity index (χ0n) is 11.9.